The van der Waals surface area contributed by atoms with Gasteiger partial charge in [-0.2, -0.15) is 0 Å². The van der Waals surface area contributed by atoms with E-state index in [4.69, 9.17) is 4.74 Å². The van der Waals surface area contributed by atoms with Gasteiger partial charge in [0.05, 0.1) is 11.3 Å². The molecular weight excluding hydrogens is 386 g/mol. The minimum Gasteiger partial charge on any atom is -0.457 e. The Hall–Kier alpha value is -4.18. The molecule has 152 valence electrons. The van der Waals surface area contributed by atoms with E-state index in [0.717, 1.165) is 16.7 Å². The largest absolute Gasteiger partial charge is 0.457 e. The maximum absolute atomic E-state index is 12.7. The lowest BCUT2D eigenvalue weighted by atomic mass is 10.0. The highest BCUT2D eigenvalue weighted by Crippen LogP contribution is 2.21. The molecule has 0 saturated carbocycles. The Labute approximate surface area is 181 Å². The van der Waals surface area contributed by atoms with Crippen molar-refractivity contribution in [2.24, 2.45) is 0 Å². The molecular formula is C27H21NO3. The summed E-state index contributed by atoms with van der Waals surface area (Å²) in [6.07, 6.45) is 0. The normalized spacial score (nSPS) is 10.3. The fourth-order valence-corrected chi connectivity index (χ4v) is 3.20. The number of anilines is 1. The van der Waals surface area contributed by atoms with Crippen molar-refractivity contribution >= 4 is 17.6 Å². The molecule has 4 nitrogen and oxygen atoms in total. The molecule has 4 aromatic rings. The van der Waals surface area contributed by atoms with E-state index in [0.29, 0.717) is 16.8 Å². The summed E-state index contributed by atoms with van der Waals surface area (Å²) >= 11 is 0. The van der Waals surface area contributed by atoms with Gasteiger partial charge >= 0.3 is 5.97 Å². The Balaban J connectivity index is 1.42. The summed E-state index contributed by atoms with van der Waals surface area (Å²) in [5.74, 6) is -0.770. The molecule has 4 rings (SSSR count). The number of amides is 1. The van der Waals surface area contributed by atoms with E-state index >= 15 is 0 Å². The molecule has 0 aromatic heterocycles. The van der Waals surface area contributed by atoms with Crippen LogP contribution in [0, 0.1) is 0 Å². The minimum absolute atomic E-state index is 0.148. The van der Waals surface area contributed by atoms with Crippen LogP contribution in [-0.4, -0.2) is 11.9 Å². The molecule has 4 aromatic carbocycles. The molecule has 0 spiro atoms. The van der Waals surface area contributed by atoms with E-state index < -0.39 is 5.97 Å². The monoisotopic (exact) mass is 407 g/mol. The Morgan fingerprint density at radius 1 is 0.645 bits per heavy atom. The van der Waals surface area contributed by atoms with Crippen LogP contribution < -0.4 is 5.32 Å². The molecule has 1 amide bonds. The maximum Gasteiger partial charge on any atom is 0.340 e. The third-order valence-electron chi connectivity index (χ3n) is 4.86. The van der Waals surface area contributed by atoms with Crippen LogP contribution in [0.4, 0.5) is 5.69 Å². The van der Waals surface area contributed by atoms with Crippen molar-refractivity contribution in [3.05, 3.63) is 126 Å². The zero-order valence-electron chi connectivity index (χ0n) is 16.8. The van der Waals surface area contributed by atoms with Crippen LogP contribution in [0.2, 0.25) is 0 Å². The Morgan fingerprint density at radius 2 is 1.23 bits per heavy atom. The summed E-state index contributed by atoms with van der Waals surface area (Å²) in [6, 6.07) is 33.7. The first-order valence-electron chi connectivity index (χ1n) is 9.97. The molecule has 0 bridgehead atoms. The number of ether oxygens (including phenoxy) is 1. The average molecular weight is 407 g/mol. The molecule has 0 atom stereocenters. The Morgan fingerprint density at radius 3 is 1.94 bits per heavy atom. The number of carbonyl (C=O) groups excluding carboxylic acids is 2. The summed E-state index contributed by atoms with van der Waals surface area (Å²) < 4.78 is 5.50. The number of nitrogens with one attached hydrogen (secondary N) is 1. The van der Waals surface area contributed by atoms with E-state index in [1.54, 1.807) is 48.5 Å². The highest BCUT2D eigenvalue weighted by molar-refractivity contribution is 6.07. The SMILES string of the molecule is O=C(Nc1ccccc1C(=O)OCc1ccc(-c2ccccc2)cc1)c1ccccc1. The van der Waals surface area contributed by atoms with Crippen molar-refractivity contribution in [1.82, 2.24) is 0 Å². The average Bonchev–Trinajstić information content (AvgIpc) is 2.84. The van der Waals surface area contributed by atoms with Crippen molar-refractivity contribution in [3.63, 3.8) is 0 Å². The van der Waals surface area contributed by atoms with Gasteiger partial charge in [0.2, 0.25) is 0 Å². The second-order valence-corrected chi connectivity index (χ2v) is 7.00. The lowest BCUT2D eigenvalue weighted by molar-refractivity contribution is 0.0474. The summed E-state index contributed by atoms with van der Waals surface area (Å²) in [5, 5.41) is 2.79. The van der Waals surface area contributed by atoms with Crippen LogP contribution >= 0.6 is 0 Å². The number of rotatable bonds is 6. The second-order valence-electron chi connectivity index (χ2n) is 7.00. The smallest absolute Gasteiger partial charge is 0.340 e. The zero-order chi connectivity index (χ0) is 21.5. The summed E-state index contributed by atoms with van der Waals surface area (Å²) in [7, 11) is 0. The van der Waals surface area contributed by atoms with E-state index in [1.165, 1.54) is 0 Å². The van der Waals surface area contributed by atoms with E-state index in [9.17, 15) is 9.59 Å². The van der Waals surface area contributed by atoms with Gasteiger partial charge in [-0.3, -0.25) is 4.79 Å². The molecule has 1 N–H and O–H groups in total. The van der Waals surface area contributed by atoms with Gasteiger partial charge in [-0.1, -0.05) is 84.9 Å². The molecule has 0 fully saturated rings. The molecule has 0 unspecified atom stereocenters. The Kier molecular flexibility index (Phi) is 6.19. The second kappa shape index (κ2) is 9.55. The zero-order valence-corrected chi connectivity index (χ0v) is 16.8. The van der Waals surface area contributed by atoms with E-state index in [1.807, 2.05) is 48.5 Å². The van der Waals surface area contributed by atoms with Crippen LogP contribution in [-0.2, 0) is 11.3 Å². The molecule has 0 radical (unpaired) electrons. The molecule has 0 heterocycles. The first-order chi connectivity index (χ1) is 15.2. The number of benzene rings is 4. The van der Waals surface area contributed by atoms with Gasteiger partial charge in [-0.25, -0.2) is 4.79 Å². The van der Waals surface area contributed by atoms with Crippen molar-refractivity contribution < 1.29 is 14.3 Å². The topological polar surface area (TPSA) is 55.4 Å². The predicted molar refractivity (Wildman–Crippen MR) is 122 cm³/mol. The van der Waals surface area contributed by atoms with Gasteiger partial charge < -0.3 is 10.1 Å². The molecule has 0 aliphatic carbocycles. The van der Waals surface area contributed by atoms with Gasteiger partial charge in [0.15, 0.2) is 0 Å². The molecule has 4 heteroatoms. The van der Waals surface area contributed by atoms with Gasteiger partial charge in [0, 0.05) is 5.56 Å². The standard InChI is InChI=1S/C27H21NO3/c29-26(23-11-5-2-6-12-23)28-25-14-8-7-13-24(25)27(30)31-19-20-15-17-22(18-16-20)21-9-3-1-4-10-21/h1-18H,19H2,(H,28,29). The van der Waals surface area contributed by atoms with Crippen molar-refractivity contribution in [1.29, 1.82) is 0 Å². The first-order valence-corrected chi connectivity index (χ1v) is 9.97. The number of hydrogen-bond donors (Lipinski definition) is 1. The van der Waals surface area contributed by atoms with Gasteiger partial charge in [-0.05, 0) is 41.0 Å². The number of carbonyl (C=O) groups is 2. The molecule has 31 heavy (non-hydrogen) atoms. The number of esters is 1. The lowest BCUT2D eigenvalue weighted by Crippen LogP contribution is -2.15. The van der Waals surface area contributed by atoms with Crippen molar-refractivity contribution in [3.8, 4) is 11.1 Å². The van der Waals surface area contributed by atoms with Crippen LogP contribution in [0.5, 0.6) is 0 Å². The number of para-hydroxylation sites is 1. The highest BCUT2D eigenvalue weighted by atomic mass is 16.5. The fraction of sp³-hybridized carbons (Fsp3) is 0.0370. The van der Waals surface area contributed by atoms with E-state index in [-0.39, 0.29) is 12.5 Å². The van der Waals surface area contributed by atoms with Crippen molar-refractivity contribution in [2.75, 3.05) is 5.32 Å². The third kappa shape index (κ3) is 5.06. The molecule has 0 aliphatic heterocycles. The third-order valence-corrected chi connectivity index (χ3v) is 4.86. The Bertz CT molecular complexity index is 1170. The first kappa shape index (κ1) is 20.1. The summed E-state index contributed by atoms with van der Waals surface area (Å²) in [4.78, 5) is 25.1. The van der Waals surface area contributed by atoms with Crippen LogP contribution in [0.25, 0.3) is 11.1 Å². The molecule has 0 aliphatic rings. The van der Waals surface area contributed by atoms with E-state index in [2.05, 4.69) is 17.4 Å². The minimum atomic E-state index is -0.490. The summed E-state index contributed by atoms with van der Waals surface area (Å²) in [5.41, 5.74) is 4.37. The summed E-state index contributed by atoms with van der Waals surface area (Å²) in [6.45, 7) is 0.148. The molecule has 0 saturated heterocycles. The van der Waals surface area contributed by atoms with Gasteiger partial charge in [0.1, 0.15) is 6.61 Å². The van der Waals surface area contributed by atoms with Crippen LogP contribution in [0.15, 0.2) is 109 Å². The highest BCUT2D eigenvalue weighted by Gasteiger charge is 2.15. The quantitative estimate of drug-likeness (QED) is 0.401. The lowest BCUT2D eigenvalue weighted by Gasteiger charge is -2.11. The van der Waals surface area contributed by atoms with Gasteiger partial charge in [0.25, 0.3) is 5.91 Å². The van der Waals surface area contributed by atoms with Crippen LogP contribution in [0.3, 0.4) is 0 Å². The fourth-order valence-electron chi connectivity index (χ4n) is 3.20. The maximum atomic E-state index is 12.7. The number of hydrogen-bond acceptors (Lipinski definition) is 3. The van der Waals surface area contributed by atoms with Gasteiger partial charge in [-0.15, -0.1) is 0 Å². The predicted octanol–water partition coefficient (Wildman–Crippen LogP) is 5.96. The van der Waals surface area contributed by atoms with Crippen molar-refractivity contribution in [2.45, 2.75) is 6.61 Å². The van der Waals surface area contributed by atoms with Crippen LogP contribution in [0.1, 0.15) is 26.3 Å².